The van der Waals surface area contributed by atoms with Crippen molar-refractivity contribution in [2.24, 2.45) is 11.7 Å². The van der Waals surface area contributed by atoms with Gasteiger partial charge in [-0.3, -0.25) is 4.79 Å². The smallest absolute Gasteiger partial charge is 0.382 e. The minimum Gasteiger partial charge on any atom is -0.382 e. The molecule has 2 rings (SSSR count). The summed E-state index contributed by atoms with van der Waals surface area (Å²) in [5, 5.41) is 0.332. The van der Waals surface area contributed by atoms with E-state index in [4.69, 9.17) is 11.5 Å². The maximum atomic E-state index is 12.7. The summed E-state index contributed by atoms with van der Waals surface area (Å²) in [6, 6.07) is 0. The number of hydrogen-bond acceptors (Lipinski definition) is 5. The van der Waals surface area contributed by atoms with Gasteiger partial charge in [0.05, 0.1) is 5.92 Å². The van der Waals surface area contributed by atoms with Crippen molar-refractivity contribution < 1.29 is 18.0 Å². The minimum absolute atomic E-state index is 0.0211. The summed E-state index contributed by atoms with van der Waals surface area (Å²) in [5.74, 6) is -2.19. The molecule has 1 aromatic heterocycles. The second-order valence-corrected chi connectivity index (χ2v) is 5.19. The van der Waals surface area contributed by atoms with Crippen LogP contribution in [0.2, 0.25) is 0 Å². The van der Waals surface area contributed by atoms with Gasteiger partial charge in [-0.15, -0.1) is 0 Å². The molecule has 1 aliphatic heterocycles. The van der Waals surface area contributed by atoms with Crippen LogP contribution in [0.4, 0.5) is 24.0 Å². The number of anilines is 2. The van der Waals surface area contributed by atoms with Crippen LogP contribution in [-0.4, -0.2) is 29.5 Å². The van der Waals surface area contributed by atoms with Crippen molar-refractivity contribution in [3.8, 4) is 0 Å². The van der Waals surface area contributed by atoms with Crippen molar-refractivity contribution in [1.29, 1.82) is 0 Å². The monoisotopic (exact) mass is 294 g/mol. The number of amides is 1. The Balaban J connectivity index is 2.25. The lowest BCUT2D eigenvalue weighted by Gasteiger charge is -2.34. The van der Waals surface area contributed by atoms with E-state index in [2.05, 4.69) is 4.37 Å². The van der Waals surface area contributed by atoms with Gasteiger partial charge >= 0.3 is 6.18 Å². The number of carbonyl (C=O) groups is 1. The van der Waals surface area contributed by atoms with Crippen molar-refractivity contribution in [3.63, 3.8) is 0 Å². The number of aromatic nitrogens is 1. The van der Waals surface area contributed by atoms with E-state index in [0.717, 1.165) is 11.5 Å². The first-order valence-electron chi connectivity index (χ1n) is 5.67. The molecule has 1 fully saturated rings. The molecule has 0 saturated carbocycles. The molecule has 0 spiro atoms. The summed E-state index contributed by atoms with van der Waals surface area (Å²) < 4.78 is 42.0. The number of rotatable bonds is 2. The molecule has 0 aliphatic carbocycles. The molecule has 0 aromatic carbocycles. The maximum absolute atomic E-state index is 12.7. The van der Waals surface area contributed by atoms with Crippen molar-refractivity contribution in [2.75, 3.05) is 23.7 Å². The fourth-order valence-corrected chi connectivity index (χ4v) is 3.02. The van der Waals surface area contributed by atoms with Crippen molar-refractivity contribution in [2.45, 2.75) is 19.0 Å². The van der Waals surface area contributed by atoms with Gasteiger partial charge < -0.3 is 16.4 Å². The number of halogens is 3. The molecule has 1 amide bonds. The molecule has 1 saturated heterocycles. The van der Waals surface area contributed by atoms with Crippen LogP contribution < -0.4 is 16.4 Å². The first-order valence-corrected chi connectivity index (χ1v) is 6.44. The Bertz CT molecular complexity index is 488. The van der Waals surface area contributed by atoms with Gasteiger partial charge in [-0.25, -0.2) is 0 Å². The number of primary amides is 1. The lowest BCUT2D eigenvalue weighted by atomic mass is 9.97. The molecule has 9 heteroatoms. The largest absolute Gasteiger partial charge is 0.393 e. The zero-order chi connectivity index (χ0) is 14.2. The summed E-state index contributed by atoms with van der Waals surface area (Å²) in [7, 11) is 0. The molecule has 1 unspecified atom stereocenters. The summed E-state index contributed by atoms with van der Waals surface area (Å²) >= 11 is 0.906. The van der Waals surface area contributed by atoms with E-state index < -0.39 is 18.0 Å². The number of nitrogens with two attached hydrogens (primary N) is 2. The zero-order valence-electron chi connectivity index (χ0n) is 9.91. The Morgan fingerprint density at radius 1 is 1.47 bits per heavy atom. The second kappa shape index (κ2) is 4.87. The third-order valence-corrected chi connectivity index (χ3v) is 4.04. The van der Waals surface area contributed by atoms with Gasteiger partial charge in [0, 0.05) is 13.1 Å². The number of nitrogen functional groups attached to an aromatic ring is 1. The quantitative estimate of drug-likeness (QED) is 0.867. The van der Waals surface area contributed by atoms with Crippen molar-refractivity contribution in [3.05, 3.63) is 5.56 Å². The number of piperidine rings is 1. The van der Waals surface area contributed by atoms with E-state index in [1.54, 1.807) is 0 Å². The fourth-order valence-electron chi connectivity index (χ4n) is 2.17. The second-order valence-electron chi connectivity index (χ2n) is 4.44. The van der Waals surface area contributed by atoms with Crippen LogP contribution in [0.5, 0.6) is 0 Å². The lowest BCUT2D eigenvalue weighted by molar-refractivity contribution is -0.175. The predicted molar refractivity (Wildman–Crippen MR) is 66.0 cm³/mol. The minimum atomic E-state index is -4.23. The van der Waals surface area contributed by atoms with E-state index in [1.165, 1.54) is 4.90 Å². The standard InChI is InChI=1S/C10H13F3N4OS/c11-10(12,13)5-2-1-3-17(4-5)9-6(8(15)18)7(14)16-19-9/h5H,1-4H2,(H2,14,16)(H2,15,18). The molecule has 1 atom stereocenters. The molecule has 106 valence electrons. The fraction of sp³-hybridized carbons (Fsp3) is 0.600. The number of carbonyl (C=O) groups excluding carboxylic acids is 1. The Morgan fingerprint density at radius 3 is 2.74 bits per heavy atom. The Morgan fingerprint density at radius 2 is 2.16 bits per heavy atom. The topological polar surface area (TPSA) is 85.2 Å². The van der Waals surface area contributed by atoms with E-state index in [0.29, 0.717) is 18.0 Å². The zero-order valence-corrected chi connectivity index (χ0v) is 10.7. The van der Waals surface area contributed by atoms with E-state index in [-0.39, 0.29) is 24.3 Å². The van der Waals surface area contributed by atoms with E-state index in [9.17, 15) is 18.0 Å². The van der Waals surface area contributed by atoms with Gasteiger partial charge in [-0.2, -0.15) is 17.5 Å². The van der Waals surface area contributed by atoms with Gasteiger partial charge in [0.1, 0.15) is 10.6 Å². The third kappa shape index (κ3) is 2.75. The third-order valence-electron chi connectivity index (χ3n) is 3.12. The van der Waals surface area contributed by atoms with Crippen LogP contribution in [0.3, 0.4) is 0 Å². The molecule has 19 heavy (non-hydrogen) atoms. The molecule has 0 radical (unpaired) electrons. The summed E-state index contributed by atoms with van der Waals surface area (Å²) in [6.45, 7) is 0.250. The van der Waals surface area contributed by atoms with Gasteiger partial charge in [0.15, 0.2) is 5.82 Å². The van der Waals surface area contributed by atoms with Gasteiger partial charge in [0.25, 0.3) is 5.91 Å². The lowest BCUT2D eigenvalue weighted by Crippen LogP contribution is -2.42. The van der Waals surface area contributed by atoms with E-state index >= 15 is 0 Å². The van der Waals surface area contributed by atoms with Crippen molar-refractivity contribution in [1.82, 2.24) is 4.37 Å². The van der Waals surface area contributed by atoms with Crippen LogP contribution >= 0.6 is 11.5 Å². The summed E-state index contributed by atoms with van der Waals surface area (Å²) in [5.41, 5.74) is 10.7. The van der Waals surface area contributed by atoms with Crippen molar-refractivity contribution >= 4 is 28.3 Å². The predicted octanol–water partition coefficient (Wildman–Crippen LogP) is 1.60. The Labute approximate surface area is 111 Å². The highest BCUT2D eigenvalue weighted by Crippen LogP contribution is 2.38. The molecule has 5 nitrogen and oxygen atoms in total. The van der Waals surface area contributed by atoms with Crippen LogP contribution in [0, 0.1) is 5.92 Å². The average molecular weight is 294 g/mol. The maximum Gasteiger partial charge on any atom is 0.393 e. The molecular formula is C10H13F3N4OS. The number of alkyl halides is 3. The van der Waals surface area contributed by atoms with Gasteiger partial charge in [-0.1, -0.05) is 0 Å². The normalized spacial score (nSPS) is 20.6. The SMILES string of the molecule is NC(=O)c1c(N)nsc1N1CCCC(C(F)(F)F)C1. The van der Waals surface area contributed by atoms with Crippen LogP contribution in [-0.2, 0) is 0 Å². The highest BCUT2D eigenvalue weighted by atomic mass is 32.1. The summed E-state index contributed by atoms with van der Waals surface area (Å²) in [6.07, 6.45) is -3.73. The molecule has 1 aliphatic rings. The van der Waals surface area contributed by atoms with Crippen LogP contribution in [0.15, 0.2) is 0 Å². The number of nitrogens with zero attached hydrogens (tertiary/aromatic N) is 2. The molecule has 2 heterocycles. The van der Waals surface area contributed by atoms with Gasteiger partial charge in [0.2, 0.25) is 0 Å². The molecule has 0 bridgehead atoms. The highest BCUT2D eigenvalue weighted by Gasteiger charge is 2.42. The molecular weight excluding hydrogens is 281 g/mol. The summed E-state index contributed by atoms with van der Waals surface area (Å²) in [4.78, 5) is 12.8. The molecule has 4 N–H and O–H groups in total. The van der Waals surface area contributed by atoms with E-state index in [1.807, 2.05) is 0 Å². The Kier molecular flexibility index (Phi) is 3.57. The first kappa shape index (κ1) is 13.9. The number of hydrogen-bond donors (Lipinski definition) is 2. The first-order chi connectivity index (χ1) is 8.80. The molecule has 1 aromatic rings. The van der Waals surface area contributed by atoms with Crippen LogP contribution in [0.25, 0.3) is 0 Å². The highest BCUT2D eigenvalue weighted by molar-refractivity contribution is 7.11. The van der Waals surface area contributed by atoms with Crippen LogP contribution in [0.1, 0.15) is 23.2 Å². The average Bonchev–Trinajstić information content (AvgIpc) is 2.70. The van der Waals surface area contributed by atoms with Gasteiger partial charge in [-0.05, 0) is 24.4 Å². The Hall–Kier alpha value is -1.51.